The summed E-state index contributed by atoms with van der Waals surface area (Å²) in [5, 5.41) is 5.30. The van der Waals surface area contributed by atoms with Crippen LogP contribution in [-0.4, -0.2) is 16.5 Å². The van der Waals surface area contributed by atoms with Crippen molar-refractivity contribution in [1.82, 2.24) is 9.97 Å². The Kier molecular flexibility index (Phi) is 5.37. The molecule has 0 aliphatic rings. The van der Waals surface area contributed by atoms with Gasteiger partial charge in [-0.25, -0.2) is 9.97 Å². The van der Waals surface area contributed by atoms with E-state index in [4.69, 9.17) is 21.6 Å². The van der Waals surface area contributed by atoms with Gasteiger partial charge >= 0.3 is 0 Å². The summed E-state index contributed by atoms with van der Waals surface area (Å²) in [4.78, 5) is 11.8. The SMILES string of the molecule is Cc1cc2c(NCCCc3ccccc3)nc(-c3cccc(Cl)c3)nc2s1. The predicted molar refractivity (Wildman–Crippen MR) is 116 cm³/mol. The fourth-order valence-corrected chi connectivity index (χ4v) is 4.15. The van der Waals surface area contributed by atoms with Crippen molar-refractivity contribution in [2.24, 2.45) is 0 Å². The maximum absolute atomic E-state index is 6.15. The number of nitrogens with zero attached hydrogens (tertiary/aromatic N) is 2. The van der Waals surface area contributed by atoms with Crippen molar-refractivity contribution in [1.29, 1.82) is 0 Å². The minimum absolute atomic E-state index is 0.691. The van der Waals surface area contributed by atoms with Crippen molar-refractivity contribution < 1.29 is 0 Å². The molecule has 0 bridgehead atoms. The zero-order chi connectivity index (χ0) is 18.6. The fourth-order valence-electron chi connectivity index (χ4n) is 3.08. The number of hydrogen-bond acceptors (Lipinski definition) is 4. The number of rotatable bonds is 6. The molecule has 2 heterocycles. The summed E-state index contributed by atoms with van der Waals surface area (Å²) in [5.74, 6) is 1.60. The lowest BCUT2D eigenvalue weighted by atomic mass is 10.1. The number of thiophene rings is 1. The van der Waals surface area contributed by atoms with Crippen molar-refractivity contribution in [3.8, 4) is 11.4 Å². The maximum Gasteiger partial charge on any atom is 0.163 e. The molecule has 0 fully saturated rings. The molecule has 0 saturated heterocycles. The second-order valence-corrected chi connectivity index (χ2v) is 8.17. The van der Waals surface area contributed by atoms with Gasteiger partial charge in [-0.05, 0) is 43.5 Å². The van der Waals surface area contributed by atoms with E-state index in [9.17, 15) is 0 Å². The summed E-state index contributed by atoms with van der Waals surface area (Å²) in [6.07, 6.45) is 2.09. The summed E-state index contributed by atoms with van der Waals surface area (Å²) >= 11 is 7.84. The fraction of sp³-hybridized carbons (Fsp3) is 0.182. The molecule has 2 aromatic heterocycles. The van der Waals surface area contributed by atoms with Gasteiger partial charge in [0.1, 0.15) is 10.6 Å². The standard InChI is InChI=1S/C22H20ClN3S/c1-15-13-19-21(24-12-6-9-16-7-3-2-4-8-16)25-20(26-22(19)27-15)17-10-5-11-18(23)14-17/h2-5,7-8,10-11,13-14H,6,9,12H2,1H3,(H,24,25,26). The molecule has 27 heavy (non-hydrogen) atoms. The summed E-state index contributed by atoms with van der Waals surface area (Å²) < 4.78 is 0. The number of anilines is 1. The summed E-state index contributed by atoms with van der Waals surface area (Å²) in [6.45, 7) is 2.97. The third kappa shape index (κ3) is 4.29. The van der Waals surface area contributed by atoms with Gasteiger partial charge in [0, 0.05) is 22.0 Å². The van der Waals surface area contributed by atoms with Crippen molar-refractivity contribution in [3.05, 3.63) is 76.1 Å². The molecular formula is C22H20ClN3S. The van der Waals surface area contributed by atoms with Crippen LogP contribution < -0.4 is 5.32 Å². The van der Waals surface area contributed by atoms with E-state index in [2.05, 4.69) is 48.6 Å². The molecule has 3 nitrogen and oxygen atoms in total. The van der Waals surface area contributed by atoms with Crippen molar-refractivity contribution in [2.45, 2.75) is 19.8 Å². The third-order valence-electron chi connectivity index (χ3n) is 4.38. The molecule has 0 radical (unpaired) electrons. The molecule has 4 rings (SSSR count). The van der Waals surface area contributed by atoms with E-state index < -0.39 is 0 Å². The quantitative estimate of drug-likeness (QED) is 0.387. The molecule has 0 amide bonds. The van der Waals surface area contributed by atoms with Gasteiger partial charge in [0.15, 0.2) is 5.82 Å². The Morgan fingerprint density at radius 1 is 1.00 bits per heavy atom. The molecular weight excluding hydrogens is 374 g/mol. The lowest BCUT2D eigenvalue weighted by Gasteiger charge is -2.09. The first-order chi connectivity index (χ1) is 13.2. The Labute approximate surface area is 168 Å². The first-order valence-corrected chi connectivity index (χ1v) is 10.2. The number of hydrogen-bond donors (Lipinski definition) is 1. The smallest absolute Gasteiger partial charge is 0.163 e. The molecule has 0 atom stereocenters. The van der Waals surface area contributed by atoms with E-state index in [0.717, 1.165) is 41.0 Å². The van der Waals surface area contributed by atoms with Crippen LogP contribution >= 0.6 is 22.9 Å². The van der Waals surface area contributed by atoms with Gasteiger partial charge < -0.3 is 5.32 Å². The molecule has 0 spiro atoms. The number of nitrogens with one attached hydrogen (secondary N) is 1. The number of fused-ring (bicyclic) bond motifs is 1. The molecule has 0 unspecified atom stereocenters. The molecule has 0 aliphatic carbocycles. The van der Waals surface area contributed by atoms with Gasteiger partial charge in [-0.2, -0.15) is 0 Å². The number of halogens is 1. The Bertz CT molecular complexity index is 1060. The summed E-state index contributed by atoms with van der Waals surface area (Å²) in [5.41, 5.74) is 2.29. The maximum atomic E-state index is 6.15. The lowest BCUT2D eigenvalue weighted by Crippen LogP contribution is -2.06. The zero-order valence-electron chi connectivity index (χ0n) is 15.1. The first-order valence-electron chi connectivity index (χ1n) is 9.01. The Balaban J connectivity index is 1.57. The topological polar surface area (TPSA) is 37.8 Å². The minimum Gasteiger partial charge on any atom is -0.369 e. The normalized spacial score (nSPS) is 11.0. The Morgan fingerprint density at radius 2 is 1.85 bits per heavy atom. The van der Waals surface area contributed by atoms with Crippen LogP contribution in [0.4, 0.5) is 5.82 Å². The van der Waals surface area contributed by atoms with E-state index in [0.29, 0.717) is 10.8 Å². The van der Waals surface area contributed by atoms with E-state index in [1.165, 1.54) is 10.4 Å². The first kappa shape index (κ1) is 18.0. The van der Waals surface area contributed by atoms with E-state index in [1.54, 1.807) is 11.3 Å². The van der Waals surface area contributed by atoms with Crippen LogP contribution in [0.25, 0.3) is 21.6 Å². The van der Waals surface area contributed by atoms with Gasteiger partial charge in [-0.3, -0.25) is 0 Å². The molecule has 1 N–H and O–H groups in total. The molecule has 136 valence electrons. The summed E-state index contributed by atoms with van der Waals surface area (Å²) in [6, 6.07) is 20.4. The monoisotopic (exact) mass is 393 g/mol. The Hall–Kier alpha value is -2.43. The average molecular weight is 394 g/mol. The highest BCUT2D eigenvalue weighted by Gasteiger charge is 2.12. The van der Waals surface area contributed by atoms with Gasteiger partial charge in [0.05, 0.1) is 5.39 Å². The Morgan fingerprint density at radius 3 is 2.67 bits per heavy atom. The number of benzene rings is 2. The minimum atomic E-state index is 0.691. The van der Waals surface area contributed by atoms with E-state index in [1.807, 2.05) is 24.3 Å². The van der Waals surface area contributed by atoms with Gasteiger partial charge in [0.2, 0.25) is 0 Å². The molecule has 2 aromatic carbocycles. The largest absolute Gasteiger partial charge is 0.369 e. The van der Waals surface area contributed by atoms with Gasteiger partial charge in [0.25, 0.3) is 0 Å². The predicted octanol–water partition coefficient (Wildman–Crippen LogP) is 6.36. The lowest BCUT2D eigenvalue weighted by molar-refractivity contribution is 0.860. The molecule has 0 saturated carbocycles. The third-order valence-corrected chi connectivity index (χ3v) is 5.56. The van der Waals surface area contributed by atoms with Crippen molar-refractivity contribution >= 4 is 39.0 Å². The van der Waals surface area contributed by atoms with Gasteiger partial charge in [-0.15, -0.1) is 11.3 Å². The second-order valence-electron chi connectivity index (χ2n) is 6.50. The summed E-state index contributed by atoms with van der Waals surface area (Å²) in [7, 11) is 0. The van der Waals surface area contributed by atoms with Crippen LogP contribution in [0, 0.1) is 6.92 Å². The van der Waals surface area contributed by atoms with Gasteiger partial charge in [-0.1, -0.05) is 54.1 Å². The van der Waals surface area contributed by atoms with Crippen LogP contribution in [0.5, 0.6) is 0 Å². The molecule has 5 heteroatoms. The molecule has 4 aromatic rings. The molecule has 0 aliphatic heterocycles. The highest BCUT2D eigenvalue weighted by atomic mass is 35.5. The second kappa shape index (κ2) is 8.07. The average Bonchev–Trinajstić information content (AvgIpc) is 3.06. The van der Waals surface area contributed by atoms with Crippen LogP contribution in [0.15, 0.2) is 60.7 Å². The highest BCUT2D eigenvalue weighted by Crippen LogP contribution is 2.31. The number of aromatic nitrogens is 2. The van der Waals surface area contributed by atoms with E-state index >= 15 is 0 Å². The van der Waals surface area contributed by atoms with Crippen LogP contribution in [-0.2, 0) is 6.42 Å². The zero-order valence-corrected chi connectivity index (χ0v) is 16.6. The van der Waals surface area contributed by atoms with Crippen molar-refractivity contribution in [2.75, 3.05) is 11.9 Å². The van der Waals surface area contributed by atoms with E-state index in [-0.39, 0.29) is 0 Å². The van der Waals surface area contributed by atoms with Crippen LogP contribution in [0.3, 0.4) is 0 Å². The number of aryl methyl sites for hydroxylation is 2. The highest BCUT2D eigenvalue weighted by molar-refractivity contribution is 7.18. The van der Waals surface area contributed by atoms with Crippen LogP contribution in [0.2, 0.25) is 5.02 Å². The van der Waals surface area contributed by atoms with Crippen molar-refractivity contribution in [3.63, 3.8) is 0 Å². The van der Waals surface area contributed by atoms with Crippen LogP contribution in [0.1, 0.15) is 16.9 Å².